The first kappa shape index (κ1) is 33.1. The molecule has 0 aliphatic carbocycles. The Kier molecular flexibility index (Phi) is 9.24. The van der Waals surface area contributed by atoms with Gasteiger partial charge in [-0.3, -0.25) is 9.13 Å². The largest absolute Gasteiger partial charge is 0.356 e. The first-order valence-corrected chi connectivity index (χ1v) is 18.4. The smallest absolute Gasteiger partial charge is 0.321 e. The Morgan fingerprint density at radius 3 is 0.792 bits per heavy atom. The van der Waals surface area contributed by atoms with Gasteiger partial charge < -0.3 is 29.4 Å². The van der Waals surface area contributed by atoms with Gasteiger partial charge in [-0.1, -0.05) is 59.7 Å². The molecule has 6 aromatic carbocycles. The van der Waals surface area contributed by atoms with E-state index in [1.807, 2.05) is 121 Å². The number of anilines is 6. The second-order valence-corrected chi connectivity index (χ2v) is 14.8. The first-order valence-electron chi connectivity index (χ1n) is 15.1. The molecule has 6 aromatic rings. The maximum absolute atomic E-state index is 11.8. The Balaban J connectivity index is 1.32. The lowest BCUT2D eigenvalue weighted by Gasteiger charge is -2.26. The van der Waals surface area contributed by atoms with Crippen molar-refractivity contribution in [1.82, 2.24) is 0 Å². The van der Waals surface area contributed by atoms with Crippen molar-refractivity contribution in [1.29, 1.82) is 0 Å². The van der Waals surface area contributed by atoms with Crippen LogP contribution in [0.2, 0.25) is 0 Å². The first-order chi connectivity index (χ1) is 22.9. The van der Waals surface area contributed by atoms with Crippen LogP contribution in [0.25, 0.3) is 11.1 Å². The molecule has 0 spiro atoms. The average Bonchev–Trinajstić information content (AvgIpc) is 3.07. The van der Waals surface area contributed by atoms with Crippen LogP contribution < -0.4 is 20.4 Å². The zero-order valence-electron chi connectivity index (χ0n) is 26.3. The normalized spacial score (nSPS) is 11.7. The lowest BCUT2D eigenvalue weighted by molar-refractivity contribution is 0.385. The Bertz CT molecular complexity index is 1950. The third-order valence-electron chi connectivity index (χ3n) is 8.06. The summed E-state index contributed by atoms with van der Waals surface area (Å²) in [4.78, 5) is 42.5. The molecule has 48 heavy (non-hydrogen) atoms. The zero-order chi connectivity index (χ0) is 34.1. The molecule has 4 N–H and O–H groups in total. The number of rotatable bonds is 9. The SMILES string of the molecule is Cc1ccc(N(c2ccc(-c3ccc(N(c4ccc(C)cc4)c4ccc(P(=O)(O)O)cc4)cc3)cc2)c2ccc(P(=O)(O)O)cc2)cc1. The van der Waals surface area contributed by atoms with Gasteiger partial charge >= 0.3 is 15.2 Å². The van der Waals surface area contributed by atoms with Crippen molar-refractivity contribution in [3.63, 3.8) is 0 Å². The number of hydrogen-bond donors (Lipinski definition) is 4. The number of benzene rings is 6. The molecular formula is C38H34N2O6P2. The van der Waals surface area contributed by atoms with Crippen molar-refractivity contribution >= 4 is 59.9 Å². The summed E-state index contributed by atoms with van der Waals surface area (Å²) in [5.74, 6) is 0. The lowest BCUT2D eigenvalue weighted by Crippen LogP contribution is -2.12. The van der Waals surface area contributed by atoms with Crippen molar-refractivity contribution in [2.24, 2.45) is 0 Å². The van der Waals surface area contributed by atoms with Crippen LogP contribution in [0, 0.1) is 13.8 Å². The molecule has 6 rings (SSSR count). The molecule has 10 heteroatoms. The molecule has 0 fully saturated rings. The van der Waals surface area contributed by atoms with Gasteiger partial charge in [0.05, 0.1) is 10.6 Å². The molecule has 0 radical (unpaired) electrons. The van der Waals surface area contributed by atoms with Crippen molar-refractivity contribution in [3.05, 3.63) is 157 Å². The highest BCUT2D eigenvalue weighted by molar-refractivity contribution is 7.60. The van der Waals surface area contributed by atoms with E-state index in [4.69, 9.17) is 0 Å². The molecule has 0 atom stereocenters. The maximum atomic E-state index is 11.8. The van der Waals surface area contributed by atoms with Crippen LogP contribution in [0.1, 0.15) is 11.1 Å². The van der Waals surface area contributed by atoms with Gasteiger partial charge in [-0.15, -0.1) is 0 Å². The molecule has 0 aromatic heterocycles. The molecule has 0 saturated carbocycles. The fourth-order valence-corrected chi connectivity index (χ4v) is 6.55. The van der Waals surface area contributed by atoms with E-state index in [-0.39, 0.29) is 10.6 Å². The number of nitrogens with zero attached hydrogens (tertiary/aromatic N) is 2. The van der Waals surface area contributed by atoms with E-state index in [0.29, 0.717) is 0 Å². The molecule has 0 amide bonds. The standard InChI is InChI=1S/C38H34N2O6P2/c1-27-3-11-31(12-4-27)39(35-19-23-37(24-20-35)47(41,42)43)33-15-7-29(8-16-33)30-9-17-34(18-10-30)40(32-13-5-28(2)6-14-32)36-21-25-38(26-22-36)48(44,45)46/h3-26H,1-2H3,(H2,41,42,43)(H2,44,45,46). The molecule has 0 unspecified atom stereocenters. The summed E-state index contributed by atoms with van der Waals surface area (Å²) in [6.45, 7) is 4.04. The van der Waals surface area contributed by atoms with Gasteiger partial charge in [0.1, 0.15) is 0 Å². The summed E-state index contributed by atoms with van der Waals surface area (Å²) in [5.41, 5.74) is 9.34. The summed E-state index contributed by atoms with van der Waals surface area (Å²) in [5, 5.41) is -0.0685. The van der Waals surface area contributed by atoms with Gasteiger partial charge in [-0.25, -0.2) is 0 Å². The van der Waals surface area contributed by atoms with E-state index < -0.39 is 15.2 Å². The molecule has 0 saturated heterocycles. The highest BCUT2D eigenvalue weighted by Gasteiger charge is 2.20. The van der Waals surface area contributed by atoms with Crippen LogP contribution in [-0.2, 0) is 9.13 Å². The summed E-state index contributed by atoms with van der Waals surface area (Å²) in [7, 11) is -8.73. The Hall–Kier alpha value is -4.78. The topological polar surface area (TPSA) is 122 Å². The van der Waals surface area contributed by atoms with E-state index in [0.717, 1.165) is 56.4 Å². The predicted octanol–water partition coefficient (Wildman–Crippen LogP) is 8.52. The van der Waals surface area contributed by atoms with Crippen molar-refractivity contribution in [2.45, 2.75) is 13.8 Å². The van der Waals surface area contributed by atoms with E-state index in [1.54, 1.807) is 24.3 Å². The van der Waals surface area contributed by atoms with E-state index in [2.05, 4.69) is 0 Å². The quantitative estimate of drug-likeness (QED) is 0.113. The minimum Gasteiger partial charge on any atom is -0.321 e. The second-order valence-electron chi connectivity index (χ2n) is 11.6. The molecule has 0 aliphatic rings. The Morgan fingerprint density at radius 1 is 0.354 bits per heavy atom. The Labute approximate surface area is 279 Å². The zero-order valence-corrected chi connectivity index (χ0v) is 28.0. The second kappa shape index (κ2) is 13.4. The van der Waals surface area contributed by atoms with Crippen LogP contribution in [0.4, 0.5) is 34.1 Å². The van der Waals surface area contributed by atoms with Crippen LogP contribution in [-0.4, -0.2) is 19.6 Å². The third kappa shape index (κ3) is 7.35. The predicted molar refractivity (Wildman–Crippen MR) is 194 cm³/mol. The summed E-state index contributed by atoms with van der Waals surface area (Å²) in [6.07, 6.45) is 0. The summed E-state index contributed by atoms with van der Waals surface area (Å²) in [6, 6.07) is 45.0. The van der Waals surface area contributed by atoms with Crippen molar-refractivity contribution in [3.8, 4) is 11.1 Å². The highest BCUT2D eigenvalue weighted by Crippen LogP contribution is 2.40. The number of hydrogen-bond acceptors (Lipinski definition) is 4. The van der Waals surface area contributed by atoms with E-state index in [1.165, 1.54) is 24.3 Å². The van der Waals surface area contributed by atoms with Gasteiger partial charge in [-0.05, 0) is 122 Å². The van der Waals surface area contributed by atoms with Gasteiger partial charge in [0.25, 0.3) is 0 Å². The van der Waals surface area contributed by atoms with Crippen molar-refractivity contribution < 1.29 is 28.7 Å². The van der Waals surface area contributed by atoms with Crippen molar-refractivity contribution in [2.75, 3.05) is 9.80 Å². The molecule has 0 bridgehead atoms. The minimum atomic E-state index is -4.36. The van der Waals surface area contributed by atoms with Gasteiger partial charge in [-0.2, -0.15) is 0 Å². The van der Waals surface area contributed by atoms with E-state index in [9.17, 15) is 28.7 Å². The number of aryl methyl sites for hydroxylation is 2. The van der Waals surface area contributed by atoms with Crippen LogP contribution >= 0.6 is 15.2 Å². The lowest BCUT2D eigenvalue weighted by atomic mass is 10.0. The van der Waals surface area contributed by atoms with Crippen LogP contribution in [0.5, 0.6) is 0 Å². The van der Waals surface area contributed by atoms with Crippen LogP contribution in [0.3, 0.4) is 0 Å². The van der Waals surface area contributed by atoms with E-state index >= 15 is 0 Å². The molecule has 0 aliphatic heterocycles. The van der Waals surface area contributed by atoms with Gasteiger partial charge in [0.15, 0.2) is 0 Å². The van der Waals surface area contributed by atoms with Gasteiger partial charge in [0, 0.05) is 34.1 Å². The van der Waals surface area contributed by atoms with Gasteiger partial charge in [0.2, 0.25) is 0 Å². The van der Waals surface area contributed by atoms with Crippen LogP contribution in [0.15, 0.2) is 146 Å². The fraction of sp³-hybridized carbons (Fsp3) is 0.0526. The summed E-state index contributed by atoms with van der Waals surface area (Å²) >= 11 is 0. The average molecular weight is 677 g/mol. The molecule has 0 heterocycles. The monoisotopic (exact) mass is 676 g/mol. The molecule has 242 valence electrons. The molecule has 8 nitrogen and oxygen atoms in total. The maximum Gasteiger partial charge on any atom is 0.356 e. The fourth-order valence-electron chi connectivity index (χ4n) is 5.48. The highest BCUT2D eigenvalue weighted by atomic mass is 31.2. The third-order valence-corrected chi connectivity index (χ3v) is 10.00. The molecular weight excluding hydrogens is 642 g/mol. The Morgan fingerprint density at radius 2 is 0.562 bits per heavy atom. The summed E-state index contributed by atoms with van der Waals surface area (Å²) < 4.78 is 23.6. The minimum absolute atomic E-state index is 0.0343.